The van der Waals surface area contributed by atoms with Crippen LogP contribution in [0.5, 0.6) is 0 Å². The summed E-state index contributed by atoms with van der Waals surface area (Å²) < 4.78 is 1.51. The van der Waals surface area contributed by atoms with Crippen LogP contribution in [0.2, 0.25) is 0 Å². The summed E-state index contributed by atoms with van der Waals surface area (Å²) in [6, 6.07) is -0.0955. The van der Waals surface area contributed by atoms with E-state index in [1.54, 1.807) is 4.90 Å². The molecule has 0 aromatic carbocycles. The van der Waals surface area contributed by atoms with Gasteiger partial charge in [0.05, 0.1) is 12.2 Å². The molecule has 1 aliphatic heterocycles. The molecule has 2 rings (SSSR count). The number of aromatic carboxylic acids is 1. The Kier molecular flexibility index (Phi) is 4.15. The first-order valence-electron chi connectivity index (χ1n) is 7.10. The van der Waals surface area contributed by atoms with Crippen molar-refractivity contribution in [3.63, 3.8) is 0 Å². The van der Waals surface area contributed by atoms with Crippen molar-refractivity contribution >= 4 is 12.0 Å². The molecule has 0 bridgehead atoms. The van der Waals surface area contributed by atoms with Gasteiger partial charge in [-0.3, -0.25) is 0 Å². The van der Waals surface area contributed by atoms with E-state index in [2.05, 4.69) is 15.6 Å². The summed E-state index contributed by atoms with van der Waals surface area (Å²) in [5.74, 6) is -1.10. The number of nitrogens with zero attached hydrogens (tertiary/aromatic N) is 4. The fraction of sp³-hybridized carbons (Fsp3) is 0.692. The average Bonchev–Trinajstić information content (AvgIpc) is 2.86. The van der Waals surface area contributed by atoms with Crippen LogP contribution in [-0.4, -0.2) is 55.6 Å². The number of amides is 2. The summed E-state index contributed by atoms with van der Waals surface area (Å²) in [4.78, 5) is 24.6. The van der Waals surface area contributed by atoms with Crippen LogP contribution in [0.15, 0.2) is 6.20 Å². The number of hydrogen-bond acceptors (Lipinski definition) is 4. The fourth-order valence-corrected chi connectivity index (χ4v) is 2.11. The van der Waals surface area contributed by atoms with E-state index in [0.29, 0.717) is 13.1 Å². The van der Waals surface area contributed by atoms with Gasteiger partial charge in [0.2, 0.25) is 0 Å². The summed E-state index contributed by atoms with van der Waals surface area (Å²) in [5, 5.41) is 19.2. The van der Waals surface area contributed by atoms with Crippen LogP contribution < -0.4 is 5.32 Å². The van der Waals surface area contributed by atoms with Crippen LogP contribution in [-0.2, 0) is 0 Å². The van der Waals surface area contributed by atoms with Gasteiger partial charge in [-0.15, -0.1) is 5.10 Å². The van der Waals surface area contributed by atoms with Crippen molar-refractivity contribution in [3.05, 3.63) is 11.9 Å². The average molecular weight is 295 g/mol. The molecule has 1 aliphatic rings. The Labute approximate surface area is 123 Å². The normalized spacial score (nSPS) is 15.7. The Morgan fingerprint density at radius 3 is 2.52 bits per heavy atom. The topological polar surface area (TPSA) is 100 Å². The lowest BCUT2D eigenvalue weighted by molar-refractivity contribution is 0.0690. The summed E-state index contributed by atoms with van der Waals surface area (Å²) in [6.45, 7) is 7.14. The quantitative estimate of drug-likeness (QED) is 0.848. The second-order valence-corrected chi connectivity index (χ2v) is 5.65. The number of nitrogens with one attached hydrogen (secondary N) is 1. The number of carbonyl (C=O) groups excluding carboxylic acids is 1. The highest BCUT2D eigenvalue weighted by Gasteiger charge is 2.35. The zero-order chi connectivity index (χ0) is 15.6. The van der Waals surface area contributed by atoms with Crippen molar-refractivity contribution in [2.75, 3.05) is 13.1 Å². The SMILES string of the molecule is CCC(C)(CC)NC(=O)N1CC(n2cc(C(=O)O)nn2)C1. The second-order valence-electron chi connectivity index (χ2n) is 5.65. The number of carboxylic acids is 1. The first kappa shape index (κ1) is 15.3. The third-order valence-electron chi connectivity index (χ3n) is 4.22. The van der Waals surface area contributed by atoms with Crippen LogP contribution in [0.1, 0.15) is 50.1 Å². The molecule has 0 saturated carbocycles. The molecule has 1 saturated heterocycles. The van der Waals surface area contributed by atoms with Crippen molar-refractivity contribution in [3.8, 4) is 0 Å². The van der Waals surface area contributed by atoms with Gasteiger partial charge in [0, 0.05) is 18.6 Å². The maximum atomic E-state index is 12.1. The number of hydrogen-bond donors (Lipinski definition) is 2. The minimum atomic E-state index is -1.10. The van der Waals surface area contributed by atoms with E-state index in [1.165, 1.54) is 10.9 Å². The van der Waals surface area contributed by atoms with Crippen LogP contribution in [0, 0.1) is 0 Å². The van der Waals surface area contributed by atoms with Gasteiger partial charge in [-0.2, -0.15) is 0 Å². The molecule has 0 unspecified atom stereocenters. The summed E-state index contributed by atoms with van der Waals surface area (Å²) >= 11 is 0. The molecule has 21 heavy (non-hydrogen) atoms. The van der Waals surface area contributed by atoms with Crippen LogP contribution >= 0.6 is 0 Å². The zero-order valence-electron chi connectivity index (χ0n) is 12.5. The molecule has 0 atom stereocenters. The smallest absolute Gasteiger partial charge is 0.358 e. The van der Waals surface area contributed by atoms with E-state index in [9.17, 15) is 9.59 Å². The van der Waals surface area contributed by atoms with Crippen molar-refractivity contribution in [2.24, 2.45) is 0 Å². The highest BCUT2D eigenvalue weighted by atomic mass is 16.4. The van der Waals surface area contributed by atoms with Crippen LogP contribution in [0.3, 0.4) is 0 Å². The van der Waals surface area contributed by atoms with Crippen molar-refractivity contribution in [1.29, 1.82) is 0 Å². The Bertz CT molecular complexity index is 532. The van der Waals surface area contributed by atoms with E-state index < -0.39 is 5.97 Å². The van der Waals surface area contributed by atoms with E-state index in [-0.39, 0.29) is 23.3 Å². The maximum Gasteiger partial charge on any atom is 0.358 e. The highest BCUT2D eigenvalue weighted by Crippen LogP contribution is 2.22. The molecule has 2 N–H and O–H groups in total. The van der Waals surface area contributed by atoms with Gasteiger partial charge in [0.25, 0.3) is 0 Å². The Balaban J connectivity index is 1.88. The molecule has 8 heteroatoms. The lowest BCUT2D eigenvalue weighted by Gasteiger charge is -2.41. The van der Waals surface area contributed by atoms with Gasteiger partial charge in [-0.25, -0.2) is 14.3 Å². The first-order chi connectivity index (χ1) is 9.88. The van der Waals surface area contributed by atoms with Gasteiger partial charge in [-0.05, 0) is 19.8 Å². The van der Waals surface area contributed by atoms with Gasteiger partial charge >= 0.3 is 12.0 Å². The highest BCUT2D eigenvalue weighted by molar-refractivity contribution is 5.84. The van der Waals surface area contributed by atoms with Gasteiger partial charge in [0.1, 0.15) is 0 Å². The van der Waals surface area contributed by atoms with Crippen molar-refractivity contribution < 1.29 is 14.7 Å². The van der Waals surface area contributed by atoms with Gasteiger partial charge < -0.3 is 15.3 Å². The predicted molar refractivity (Wildman–Crippen MR) is 75.1 cm³/mol. The monoisotopic (exact) mass is 295 g/mol. The summed E-state index contributed by atoms with van der Waals surface area (Å²) in [5.41, 5.74) is -0.270. The lowest BCUT2D eigenvalue weighted by atomic mass is 9.96. The number of likely N-dealkylation sites (tertiary alicyclic amines) is 1. The summed E-state index contributed by atoms with van der Waals surface area (Å²) in [7, 11) is 0. The molecule has 1 aromatic heterocycles. The molecular formula is C13H21N5O3. The second kappa shape index (κ2) is 5.71. The summed E-state index contributed by atoms with van der Waals surface area (Å²) in [6.07, 6.45) is 3.14. The molecule has 8 nitrogen and oxygen atoms in total. The number of rotatable bonds is 5. The first-order valence-corrected chi connectivity index (χ1v) is 7.10. The zero-order valence-corrected chi connectivity index (χ0v) is 12.5. The third kappa shape index (κ3) is 3.14. The molecule has 2 heterocycles. The molecule has 1 fully saturated rings. The minimum absolute atomic E-state index is 0.00846. The minimum Gasteiger partial charge on any atom is -0.476 e. The largest absolute Gasteiger partial charge is 0.476 e. The van der Waals surface area contributed by atoms with E-state index in [4.69, 9.17) is 5.11 Å². The maximum absolute atomic E-state index is 12.1. The predicted octanol–water partition coefficient (Wildman–Crippen LogP) is 1.12. The van der Waals surface area contributed by atoms with E-state index in [1.807, 2.05) is 20.8 Å². The van der Waals surface area contributed by atoms with E-state index >= 15 is 0 Å². The molecule has 0 radical (unpaired) electrons. The number of urea groups is 1. The molecule has 0 spiro atoms. The number of aromatic nitrogens is 3. The van der Waals surface area contributed by atoms with Gasteiger partial charge in [-0.1, -0.05) is 19.1 Å². The van der Waals surface area contributed by atoms with Gasteiger partial charge in [0.15, 0.2) is 5.69 Å². The number of carbonyl (C=O) groups is 2. The Morgan fingerprint density at radius 1 is 1.43 bits per heavy atom. The molecule has 0 aliphatic carbocycles. The van der Waals surface area contributed by atoms with E-state index in [0.717, 1.165) is 12.8 Å². The van der Waals surface area contributed by atoms with Crippen molar-refractivity contribution in [2.45, 2.75) is 45.2 Å². The van der Waals surface area contributed by atoms with Crippen LogP contribution in [0.4, 0.5) is 4.79 Å². The Hall–Kier alpha value is -2.12. The van der Waals surface area contributed by atoms with Crippen LogP contribution in [0.25, 0.3) is 0 Å². The lowest BCUT2D eigenvalue weighted by Crippen LogP contribution is -2.58. The standard InChI is InChI=1S/C13H21N5O3/c1-4-13(3,5-2)14-12(21)17-6-9(7-17)18-8-10(11(19)20)15-16-18/h8-9H,4-7H2,1-3H3,(H,14,21)(H,19,20). The Morgan fingerprint density at radius 2 is 2.05 bits per heavy atom. The molecule has 1 aromatic rings. The third-order valence-corrected chi connectivity index (χ3v) is 4.22. The molecule has 2 amide bonds. The van der Waals surface area contributed by atoms with Crippen molar-refractivity contribution in [1.82, 2.24) is 25.2 Å². The number of carboxylic acid groups (broad SMARTS) is 1. The molecule has 116 valence electrons. The fourth-order valence-electron chi connectivity index (χ4n) is 2.11. The molecular weight excluding hydrogens is 274 g/mol.